The molecule has 0 saturated heterocycles. The number of nitrogens with one attached hydrogen (secondary N) is 1. The lowest BCUT2D eigenvalue weighted by Crippen LogP contribution is -2.43. The van der Waals surface area contributed by atoms with E-state index in [0.717, 1.165) is 11.1 Å². The SMILES string of the molecule is Cc1cccc(-c2ccc(CNC(=O)N(C)C(C)CO)cc2)c1. The molecule has 2 aromatic carbocycles. The highest BCUT2D eigenvalue weighted by molar-refractivity contribution is 5.74. The molecule has 0 bridgehead atoms. The maximum Gasteiger partial charge on any atom is 0.317 e. The van der Waals surface area contributed by atoms with Gasteiger partial charge in [-0.2, -0.15) is 0 Å². The number of aryl methyl sites for hydroxylation is 1. The van der Waals surface area contributed by atoms with Crippen molar-refractivity contribution in [1.29, 1.82) is 0 Å². The summed E-state index contributed by atoms with van der Waals surface area (Å²) < 4.78 is 0. The van der Waals surface area contributed by atoms with Crippen molar-refractivity contribution in [3.8, 4) is 11.1 Å². The smallest absolute Gasteiger partial charge is 0.317 e. The Morgan fingerprint density at radius 2 is 1.87 bits per heavy atom. The first-order valence-electron chi connectivity index (χ1n) is 7.78. The van der Waals surface area contributed by atoms with E-state index in [0.29, 0.717) is 6.54 Å². The molecule has 0 aliphatic carbocycles. The largest absolute Gasteiger partial charge is 0.394 e. The quantitative estimate of drug-likeness (QED) is 0.891. The average molecular weight is 312 g/mol. The van der Waals surface area contributed by atoms with Crippen LogP contribution in [-0.4, -0.2) is 35.7 Å². The number of nitrogens with zero attached hydrogens (tertiary/aromatic N) is 1. The van der Waals surface area contributed by atoms with Gasteiger partial charge in [0.15, 0.2) is 0 Å². The van der Waals surface area contributed by atoms with Gasteiger partial charge in [-0.05, 0) is 30.5 Å². The summed E-state index contributed by atoms with van der Waals surface area (Å²) in [6.45, 7) is 4.30. The molecule has 0 aliphatic heterocycles. The van der Waals surface area contributed by atoms with E-state index < -0.39 is 0 Å². The molecule has 2 amide bonds. The van der Waals surface area contributed by atoms with Crippen LogP contribution in [0.2, 0.25) is 0 Å². The van der Waals surface area contributed by atoms with Gasteiger partial charge in [-0.1, -0.05) is 54.1 Å². The van der Waals surface area contributed by atoms with E-state index in [9.17, 15) is 4.79 Å². The van der Waals surface area contributed by atoms with Crippen molar-refractivity contribution in [2.45, 2.75) is 26.4 Å². The predicted molar refractivity (Wildman–Crippen MR) is 93.2 cm³/mol. The zero-order valence-electron chi connectivity index (χ0n) is 13.9. The van der Waals surface area contributed by atoms with Crippen molar-refractivity contribution in [2.24, 2.45) is 0 Å². The monoisotopic (exact) mass is 312 g/mol. The predicted octanol–water partition coefficient (Wildman–Crippen LogP) is 3.18. The van der Waals surface area contributed by atoms with Gasteiger partial charge in [0, 0.05) is 13.6 Å². The number of urea groups is 1. The fourth-order valence-corrected chi connectivity index (χ4v) is 2.26. The van der Waals surface area contributed by atoms with Crippen molar-refractivity contribution in [3.63, 3.8) is 0 Å². The minimum atomic E-state index is -0.196. The summed E-state index contributed by atoms with van der Waals surface area (Å²) in [6.07, 6.45) is 0. The van der Waals surface area contributed by atoms with Crippen molar-refractivity contribution in [1.82, 2.24) is 10.2 Å². The highest BCUT2D eigenvalue weighted by Gasteiger charge is 2.13. The number of hydrogen-bond acceptors (Lipinski definition) is 2. The summed E-state index contributed by atoms with van der Waals surface area (Å²) in [5.74, 6) is 0. The third-order valence-corrected chi connectivity index (χ3v) is 3.99. The molecule has 0 saturated carbocycles. The van der Waals surface area contributed by atoms with E-state index in [4.69, 9.17) is 5.11 Å². The molecular formula is C19H24N2O2. The Kier molecular flexibility index (Phi) is 5.77. The lowest BCUT2D eigenvalue weighted by molar-refractivity contribution is 0.157. The second-order valence-corrected chi connectivity index (χ2v) is 5.87. The van der Waals surface area contributed by atoms with Crippen LogP contribution in [0.25, 0.3) is 11.1 Å². The second kappa shape index (κ2) is 7.79. The first kappa shape index (κ1) is 17.0. The van der Waals surface area contributed by atoms with Crippen LogP contribution in [0.5, 0.6) is 0 Å². The van der Waals surface area contributed by atoms with E-state index in [1.807, 2.05) is 12.1 Å². The molecular weight excluding hydrogens is 288 g/mol. The molecule has 1 unspecified atom stereocenters. The molecule has 0 aromatic heterocycles. The molecule has 4 heteroatoms. The molecule has 1 atom stereocenters. The van der Waals surface area contributed by atoms with E-state index in [-0.39, 0.29) is 18.7 Å². The van der Waals surface area contributed by atoms with Crippen LogP contribution in [-0.2, 0) is 6.54 Å². The fourth-order valence-electron chi connectivity index (χ4n) is 2.26. The van der Waals surface area contributed by atoms with Crippen LogP contribution in [0.3, 0.4) is 0 Å². The Balaban J connectivity index is 1.97. The Morgan fingerprint density at radius 1 is 1.17 bits per heavy atom. The molecule has 122 valence electrons. The molecule has 0 aliphatic rings. The van der Waals surface area contributed by atoms with Gasteiger partial charge in [-0.3, -0.25) is 0 Å². The molecule has 0 spiro atoms. The number of hydrogen-bond donors (Lipinski definition) is 2. The zero-order valence-corrected chi connectivity index (χ0v) is 13.9. The zero-order chi connectivity index (χ0) is 16.8. The lowest BCUT2D eigenvalue weighted by Gasteiger charge is -2.23. The second-order valence-electron chi connectivity index (χ2n) is 5.87. The number of aliphatic hydroxyl groups excluding tert-OH is 1. The molecule has 2 N–H and O–H groups in total. The summed E-state index contributed by atoms with van der Waals surface area (Å²) in [4.78, 5) is 13.4. The van der Waals surface area contributed by atoms with E-state index in [1.54, 1.807) is 14.0 Å². The van der Waals surface area contributed by atoms with Gasteiger partial charge in [-0.25, -0.2) is 4.79 Å². The third kappa shape index (κ3) is 4.57. The number of rotatable bonds is 5. The Bertz CT molecular complexity index is 653. The van der Waals surface area contributed by atoms with E-state index >= 15 is 0 Å². The molecule has 2 aromatic rings. The van der Waals surface area contributed by atoms with Gasteiger partial charge in [-0.15, -0.1) is 0 Å². The normalized spacial score (nSPS) is 11.8. The first-order valence-corrected chi connectivity index (χ1v) is 7.78. The number of benzene rings is 2. The summed E-state index contributed by atoms with van der Waals surface area (Å²) in [5, 5.41) is 11.9. The van der Waals surface area contributed by atoms with Gasteiger partial charge in [0.25, 0.3) is 0 Å². The average Bonchev–Trinajstić information content (AvgIpc) is 2.58. The molecule has 0 fully saturated rings. The van der Waals surface area contributed by atoms with Gasteiger partial charge in [0.05, 0.1) is 12.6 Å². The van der Waals surface area contributed by atoms with Crippen LogP contribution in [0, 0.1) is 6.92 Å². The molecule has 2 rings (SSSR count). The van der Waals surface area contributed by atoms with Crippen molar-refractivity contribution in [3.05, 3.63) is 59.7 Å². The molecule has 0 heterocycles. The highest BCUT2D eigenvalue weighted by Crippen LogP contribution is 2.20. The Morgan fingerprint density at radius 3 is 2.48 bits per heavy atom. The Labute approximate surface area is 137 Å². The summed E-state index contributed by atoms with van der Waals surface area (Å²) in [7, 11) is 1.68. The minimum absolute atomic E-state index is 0.0465. The third-order valence-electron chi connectivity index (χ3n) is 3.99. The van der Waals surface area contributed by atoms with Gasteiger partial charge >= 0.3 is 6.03 Å². The standard InChI is InChI=1S/C19H24N2O2/c1-14-5-4-6-18(11-14)17-9-7-16(8-10-17)12-20-19(23)21(3)15(2)13-22/h4-11,15,22H,12-13H2,1-3H3,(H,20,23). The molecule has 23 heavy (non-hydrogen) atoms. The van der Waals surface area contributed by atoms with Crippen molar-refractivity contribution >= 4 is 6.03 Å². The maximum atomic E-state index is 11.9. The van der Waals surface area contributed by atoms with Crippen LogP contribution in [0.4, 0.5) is 4.79 Å². The van der Waals surface area contributed by atoms with Gasteiger partial charge in [0.2, 0.25) is 0 Å². The first-order chi connectivity index (χ1) is 11.0. The van der Waals surface area contributed by atoms with Crippen molar-refractivity contribution in [2.75, 3.05) is 13.7 Å². The van der Waals surface area contributed by atoms with Gasteiger partial charge < -0.3 is 15.3 Å². The van der Waals surface area contributed by atoms with E-state index in [1.165, 1.54) is 16.0 Å². The van der Waals surface area contributed by atoms with Crippen molar-refractivity contribution < 1.29 is 9.90 Å². The van der Waals surface area contributed by atoms with Crippen LogP contribution in [0.1, 0.15) is 18.1 Å². The summed E-state index contributed by atoms with van der Waals surface area (Å²) in [5.41, 5.74) is 4.63. The molecule has 4 nitrogen and oxygen atoms in total. The number of amides is 2. The maximum absolute atomic E-state index is 11.9. The van der Waals surface area contributed by atoms with Crippen LogP contribution in [0.15, 0.2) is 48.5 Å². The highest BCUT2D eigenvalue weighted by atomic mass is 16.3. The topological polar surface area (TPSA) is 52.6 Å². The minimum Gasteiger partial charge on any atom is -0.394 e. The van der Waals surface area contributed by atoms with Crippen LogP contribution >= 0.6 is 0 Å². The summed E-state index contributed by atoms with van der Waals surface area (Å²) >= 11 is 0. The number of aliphatic hydroxyl groups is 1. The number of carbonyl (C=O) groups is 1. The van der Waals surface area contributed by atoms with E-state index in [2.05, 4.69) is 48.6 Å². The Hall–Kier alpha value is -2.33. The fraction of sp³-hybridized carbons (Fsp3) is 0.316. The number of carbonyl (C=O) groups excluding carboxylic acids is 1. The lowest BCUT2D eigenvalue weighted by atomic mass is 10.0. The molecule has 0 radical (unpaired) electrons. The summed E-state index contributed by atoms with van der Waals surface area (Å²) in [6, 6.07) is 16.2. The van der Waals surface area contributed by atoms with Gasteiger partial charge in [0.1, 0.15) is 0 Å². The number of likely N-dealkylation sites (N-methyl/N-ethyl adjacent to an activating group) is 1. The van der Waals surface area contributed by atoms with Crippen LogP contribution < -0.4 is 5.32 Å².